The molecule has 2 aromatic carbocycles. The normalized spacial score (nSPS) is 15.6. The third kappa shape index (κ3) is 4.44. The van der Waals surface area contributed by atoms with E-state index in [0.29, 0.717) is 16.4 Å². The Hall–Kier alpha value is -2.42. The molecule has 2 heterocycles. The van der Waals surface area contributed by atoms with Gasteiger partial charge in [-0.15, -0.1) is 0 Å². The molecule has 0 saturated heterocycles. The zero-order valence-electron chi connectivity index (χ0n) is 16.0. The molecule has 7 nitrogen and oxygen atoms in total. The lowest BCUT2D eigenvalue weighted by Gasteiger charge is -2.32. The van der Waals surface area contributed by atoms with Crippen molar-refractivity contribution in [2.45, 2.75) is 43.7 Å². The molecule has 0 fully saturated rings. The van der Waals surface area contributed by atoms with Crippen molar-refractivity contribution in [1.82, 2.24) is 14.9 Å². The zero-order chi connectivity index (χ0) is 20.6. The lowest BCUT2D eigenvalue weighted by molar-refractivity contribution is 0.0845. The van der Waals surface area contributed by atoms with Crippen molar-refractivity contribution in [3.63, 3.8) is 0 Å². The van der Waals surface area contributed by atoms with Crippen LogP contribution in [-0.2, 0) is 23.0 Å². The highest BCUT2D eigenvalue weighted by Crippen LogP contribution is 2.34. The summed E-state index contributed by atoms with van der Waals surface area (Å²) in [4.78, 5) is 4.40. The van der Waals surface area contributed by atoms with E-state index in [2.05, 4.69) is 14.9 Å². The number of benzene rings is 2. The van der Waals surface area contributed by atoms with Crippen molar-refractivity contribution in [3.8, 4) is 17.1 Å². The van der Waals surface area contributed by atoms with E-state index in [1.54, 1.807) is 36.4 Å². The Morgan fingerprint density at radius 2 is 2.03 bits per heavy atom. The molecule has 29 heavy (non-hydrogen) atoms. The molecule has 1 N–H and O–H groups in total. The number of halogens is 1. The first-order valence-corrected chi connectivity index (χ1v) is 11.0. The van der Waals surface area contributed by atoms with Crippen LogP contribution >= 0.6 is 11.6 Å². The fourth-order valence-electron chi connectivity index (χ4n) is 3.11. The number of sulfonamides is 1. The maximum absolute atomic E-state index is 12.7. The quantitative estimate of drug-likeness (QED) is 0.654. The molecule has 0 saturated carbocycles. The van der Waals surface area contributed by atoms with Crippen LogP contribution in [0.25, 0.3) is 11.4 Å². The van der Waals surface area contributed by atoms with Crippen molar-refractivity contribution in [2.24, 2.45) is 0 Å². The second kappa shape index (κ2) is 7.44. The van der Waals surface area contributed by atoms with Gasteiger partial charge in [0.2, 0.25) is 21.7 Å². The molecule has 0 unspecified atom stereocenters. The van der Waals surface area contributed by atoms with Gasteiger partial charge in [0.05, 0.1) is 11.4 Å². The van der Waals surface area contributed by atoms with Crippen LogP contribution in [0.3, 0.4) is 0 Å². The molecule has 1 aromatic heterocycles. The minimum atomic E-state index is -3.74. The van der Waals surface area contributed by atoms with E-state index in [9.17, 15) is 8.42 Å². The molecule has 0 aliphatic carbocycles. The van der Waals surface area contributed by atoms with Crippen LogP contribution in [-0.4, -0.2) is 24.2 Å². The molecule has 0 amide bonds. The molecule has 0 spiro atoms. The van der Waals surface area contributed by atoms with Gasteiger partial charge in [0.15, 0.2) is 0 Å². The van der Waals surface area contributed by atoms with Crippen LogP contribution in [0.1, 0.15) is 31.7 Å². The summed E-state index contributed by atoms with van der Waals surface area (Å²) in [7, 11) is -3.74. The monoisotopic (exact) mass is 433 g/mol. The van der Waals surface area contributed by atoms with Gasteiger partial charge in [-0.2, -0.15) is 4.98 Å². The van der Waals surface area contributed by atoms with Crippen LogP contribution in [0.5, 0.6) is 5.75 Å². The number of hydrogen-bond donors (Lipinski definition) is 1. The van der Waals surface area contributed by atoms with E-state index in [1.165, 1.54) is 6.07 Å². The topological polar surface area (TPSA) is 94.3 Å². The number of aromatic nitrogens is 2. The van der Waals surface area contributed by atoms with E-state index >= 15 is 0 Å². The standard InChI is InChI=1S/C20H20ClN3O4S/c1-20(2)9-8-13-11-16(6-7-17(13)27-20)29(25,26)22-12-18-23-19(24-28-18)14-4-3-5-15(21)10-14/h3-7,10-11,22H,8-9,12H2,1-2H3. The molecular weight excluding hydrogens is 414 g/mol. The first-order chi connectivity index (χ1) is 13.7. The average molecular weight is 434 g/mol. The van der Waals surface area contributed by atoms with Crippen LogP contribution in [0.15, 0.2) is 51.9 Å². The highest BCUT2D eigenvalue weighted by Gasteiger charge is 2.28. The maximum atomic E-state index is 12.7. The number of nitrogens with one attached hydrogen (secondary N) is 1. The Morgan fingerprint density at radius 1 is 1.21 bits per heavy atom. The van der Waals surface area contributed by atoms with Gasteiger partial charge in [0, 0.05) is 10.6 Å². The predicted molar refractivity (Wildman–Crippen MR) is 108 cm³/mol. The van der Waals surface area contributed by atoms with Gasteiger partial charge in [-0.05, 0) is 62.6 Å². The Labute approximate surface area is 174 Å². The van der Waals surface area contributed by atoms with Gasteiger partial charge < -0.3 is 9.26 Å². The van der Waals surface area contributed by atoms with E-state index < -0.39 is 10.0 Å². The summed E-state index contributed by atoms with van der Waals surface area (Å²) in [5.41, 5.74) is 1.32. The summed E-state index contributed by atoms with van der Waals surface area (Å²) in [5.74, 6) is 1.23. The smallest absolute Gasteiger partial charge is 0.242 e. The Kier molecular flexibility index (Phi) is 5.10. The second-order valence-corrected chi connectivity index (χ2v) is 9.68. The van der Waals surface area contributed by atoms with Gasteiger partial charge in [-0.25, -0.2) is 13.1 Å². The molecule has 9 heteroatoms. The minimum absolute atomic E-state index is 0.115. The van der Waals surface area contributed by atoms with E-state index in [-0.39, 0.29) is 22.9 Å². The van der Waals surface area contributed by atoms with E-state index in [4.69, 9.17) is 20.9 Å². The summed E-state index contributed by atoms with van der Waals surface area (Å²) in [6, 6.07) is 11.9. The van der Waals surface area contributed by atoms with Crippen LogP contribution in [0.2, 0.25) is 5.02 Å². The van der Waals surface area contributed by atoms with Gasteiger partial charge in [-0.3, -0.25) is 0 Å². The molecule has 3 aromatic rings. The van der Waals surface area contributed by atoms with Crippen molar-refractivity contribution >= 4 is 21.6 Å². The van der Waals surface area contributed by atoms with Crippen molar-refractivity contribution < 1.29 is 17.7 Å². The second-order valence-electron chi connectivity index (χ2n) is 7.48. The Morgan fingerprint density at radius 3 is 2.83 bits per heavy atom. The molecule has 152 valence electrons. The molecular formula is C20H20ClN3O4S. The zero-order valence-corrected chi connectivity index (χ0v) is 17.5. The summed E-state index contributed by atoms with van der Waals surface area (Å²) < 4.78 is 38.9. The van der Waals surface area contributed by atoms with Crippen LogP contribution < -0.4 is 9.46 Å². The average Bonchev–Trinajstić information content (AvgIpc) is 3.14. The minimum Gasteiger partial charge on any atom is -0.488 e. The number of rotatable bonds is 5. The van der Waals surface area contributed by atoms with Gasteiger partial charge in [0.1, 0.15) is 11.4 Å². The van der Waals surface area contributed by atoms with Crippen molar-refractivity contribution in [1.29, 1.82) is 0 Å². The van der Waals surface area contributed by atoms with E-state index in [1.807, 2.05) is 13.8 Å². The lowest BCUT2D eigenvalue weighted by Crippen LogP contribution is -2.32. The maximum Gasteiger partial charge on any atom is 0.242 e. The Balaban J connectivity index is 1.47. The molecule has 1 aliphatic rings. The third-order valence-electron chi connectivity index (χ3n) is 4.69. The van der Waals surface area contributed by atoms with Crippen molar-refractivity contribution in [3.05, 3.63) is 58.9 Å². The highest BCUT2D eigenvalue weighted by molar-refractivity contribution is 7.89. The number of aryl methyl sites for hydroxylation is 1. The van der Waals surface area contributed by atoms with Gasteiger partial charge in [0.25, 0.3) is 0 Å². The van der Waals surface area contributed by atoms with Gasteiger partial charge >= 0.3 is 0 Å². The summed E-state index contributed by atoms with van der Waals surface area (Å²) in [6.45, 7) is 3.92. The molecule has 1 aliphatic heterocycles. The fraction of sp³-hybridized carbons (Fsp3) is 0.300. The highest BCUT2D eigenvalue weighted by atomic mass is 35.5. The first kappa shape index (κ1) is 19.9. The van der Waals surface area contributed by atoms with Crippen LogP contribution in [0.4, 0.5) is 0 Å². The molecule has 0 radical (unpaired) electrons. The summed E-state index contributed by atoms with van der Waals surface area (Å²) in [5, 5.41) is 4.43. The third-order valence-corrected chi connectivity index (χ3v) is 6.32. The summed E-state index contributed by atoms with van der Waals surface area (Å²) in [6.07, 6.45) is 1.59. The fourth-order valence-corrected chi connectivity index (χ4v) is 4.33. The largest absolute Gasteiger partial charge is 0.488 e. The molecule has 0 bridgehead atoms. The Bertz CT molecular complexity index is 1160. The van der Waals surface area contributed by atoms with Gasteiger partial charge in [-0.1, -0.05) is 28.9 Å². The van der Waals surface area contributed by atoms with Crippen molar-refractivity contribution in [2.75, 3.05) is 0 Å². The molecule has 0 atom stereocenters. The number of ether oxygens (including phenoxy) is 1. The number of fused-ring (bicyclic) bond motifs is 1. The number of nitrogens with zero attached hydrogens (tertiary/aromatic N) is 2. The predicted octanol–water partition coefficient (Wildman–Crippen LogP) is 3.97. The van der Waals surface area contributed by atoms with E-state index in [0.717, 1.165) is 24.2 Å². The lowest BCUT2D eigenvalue weighted by atomic mass is 9.94. The summed E-state index contributed by atoms with van der Waals surface area (Å²) >= 11 is 5.97. The SMILES string of the molecule is CC1(C)CCc2cc(S(=O)(=O)NCc3nc(-c4cccc(Cl)c4)no3)ccc2O1. The first-order valence-electron chi connectivity index (χ1n) is 9.12. The number of hydrogen-bond acceptors (Lipinski definition) is 6. The van der Waals surface area contributed by atoms with Crippen LogP contribution in [0, 0.1) is 0 Å². The molecule has 4 rings (SSSR count).